The minimum absolute atomic E-state index is 0.00441. The van der Waals surface area contributed by atoms with Crippen LogP contribution in [-0.4, -0.2) is 89.2 Å². The van der Waals surface area contributed by atoms with Gasteiger partial charge in [0.2, 0.25) is 0 Å². The molecule has 0 aromatic carbocycles. The van der Waals surface area contributed by atoms with E-state index in [-0.39, 0.29) is 44.9 Å². The van der Waals surface area contributed by atoms with Crippen molar-refractivity contribution in [3.8, 4) is 12.1 Å². The smallest absolute Gasteiger partial charge is 0.319 e. The zero-order chi connectivity index (χ0) is 31.0. The second kappa shape index (κ2) is 10.9. The second-order valence-corrected chi connectivity index (χ2v) is 14.1. The molecule has 2 aliphatic carbocycles. The van der Waals surface area contributed by atoms with Crippen molar-refractivity contribution >= 4 is 34.1 Å². The molecule has 4 aliphatic heterocycles. The highest BCUT2D eigenvalue weighted by atomic mass is 32.2. The minimum atomic E-state index is -1.11. The highest BCUT2D eigenvalue weighted by Gasteiger charge is 2.53. The minimum Gasteiger partial charge on any atom is -0.463 e. The number of halogens is 3. The van der Waals surface area contributed by atoms with Gasteiger partial charge in [-0.3, -0.25) is 9.88 Å². The molecule has 0 amide bonds. The van der Waals surface area contributed by atoms with Gasteiger partial charge in [-0.1, -0.05) is 18.7 Å². The zero-order valence-electron chi connectivity index (χ0n) is 24.7. The van der Waals surface area contributed by atoms with Crippen LogP contribution >= 0.6 is 11.8 Å². The van der Waals surface area contributed by atoms with Crippen LogP contribution in [0.2, 0.25) is 0 Å². The van der Waals surface area contributed by atoms with Crippen LogP contribution in [0.4, 0.5) is 19.0 Å². The van der Waals surface area contributed by atoms with Crippen molar-refractivity contribution in [1.82, 2.24) is 25.2 Å². The number of fused-ring (bicyclic) bond motifs is 3. The number of piperazine rings is 1. The van der Waals surface area contributed by atoms with Crippen molar-refractivity contribution in [2.24, 2.45) is 17.1 Å². The normalized spacial score (nSPS) is 30.3. The summed E-state index contributed by atoms with van der Waals surface area (Å²) < 4.78 is 58.8. The van der Waals surface area contributed by atoms with Gasteiger partial charge in [-0.2, -0.15) is 15.2 Å². The van der Waals surface area contributed by atoms with Gasteiger partial charge in [-0.25, -0.2) is 13.2 Å². The fraction of sp³-hybridized carbons (Fsp3) is 0.548. The summed E-state index contributed by atoms with van der Waals surface area (Å²) in [5.41, 5.74) is 5.38. The Hall–Kier alpha value is -3.38. The third-order valence-electron chi connectivity index (χ3n) is 10.1. The molecule has 2 aromatic rings. The molecule has 3 N–H and O–H groups in total. The third-order valence-corrected chi connectivity index (χ3v) is 11.3. The molecule has 10 nitrogen and oxygen atoms in total. The highest BCUT2D eigenvalue weighted by Crippen LogP contribution is 2.53. The lowest BCUT2D eigenvalue weighted by molar-refractivity contribution is -0.218. The summed E-state index contributed by atoms with van der Waals surface area (Å²) in [5, 5.41) is 12.8. The number of anilines is 1. The number of nitrogens with two attached hydrogens (primary N) is 1. The fourth-order valence-corrected chi connectivity index (χ4v) is 8.28. The first-order valence-corrected chi connectivity index (χ1v) is 16.3. The molecule has 0 radical (unpaired) electrons. The largest absolute Gasteiger partial charge is 0.463 e. The number of aromatic nitrogens is 3. The van der Waals surface area contributed by atoms with E-state index in [2.05, 4.69) is 32.0 Å². The molecule has 6 aliphatic rings. The summed E-state index contributed by atoms with van der Waals surface area (Å²) in [5.74, 6) is -3.26. The number of ether oxygens (including phenoxy) is 2. The van der Waals surface area contributed by atoms with Crippen LogP contribution in [0.15, 0.2) is 34.5 Å². The van der Waals surface area contributed by atoms with E-state index in [0.29, 0.717) is 43.0 Å². The van der Waals surface area contributed by atoms with Gasteiger partial charge in [0.1, 0.15) is 28.7 Å². The average Bonchev–Trinajstić information content (AvgIpc) is 3.72. The summed E-state index contributed by atoms with van der Waals surface area (Å²) in [6, 6.07) is 2.72. The Morgan fingerprint density at radius 3 is 2.80 bits per heavy atom. The van der Waals surface area contributed by atoms with Crippen LogP contribution in [0.5, 0.6) is 6.01 Å². The van der Waals surface area contributed by atoms with Crippen LogP contribution in [0.25, 0.3) is 16.5 Å². The maximum atomic E-state index is 16.7. The summed E-state index contributed by atoms with van der Waals surface area (Å²) in [4.78, 5) is 18.2. The average molecular weight is 639 g/mol. The molecule has 6 heterocycles. The van der Waals surface area contributed by atoms with Crippen LogP contribution in [0, 0.1) is 28.5 Å². The van der Waals surface area contributed by atoms with Crippen LogP contribution in [-0.2, 0) is 4.74 Å². The lowest BCUT2D eigenvalue weighted by atomic mass is 9.82. The van der Waals surface area contributed by atoms with Crippen molar-refractivity contribution in [3.63, 3.8) is 0 Å². The summed E-state index contributed by atoms with van der Waals surface area (Å²) in [6.07, 6.45) is 5.47. The molecule has 1 saturated carbocycles. The number of nitriles is 1. The van der Waals surface area contributed by atoms with Gasteiger partial charge < -0.3 is 25.4 Å². The Bertz CT molecular complexity index is 1720. The number of nitrogens with zero attached hydrogens (tertiary/aromatic N) is 6. The van der Waals surface area contributed by atoms with Crippen LogP contribution < -0.4 is 20.7 Å². The van der Waals surface area contributed by atoms with Gasteiger partial charge in [0.15, 0.2) is 5.82 Å². The van der Waals surface area contributed by atoms with Crippen molar-refractivity contribution in [3.05, 3.63) is 46.0 Å². The summed E-state index contributed by atoms with van der Waals surface area (Å²) in [6.45, 7) is 7.12. The molecule has 3 saturated heterocycles. The predicted molar refractivity (Wildman–Crippen MR) is 163 cm³/mol. The molecule has 4 unspecified atom stereocenters. The molecule has 4 fully saturated rings. The summed E-state index contributed by atoms with van der Waals surface area (Å²) >= 11 is 0.927. The quantitative estimate of drug-likeness (QED) is 0.441. The molecule has 5 atom stereocenters. The van der Waals surface area contributed by atoms with Crippen molar-refractivity contribution in [1.29, 1.82) is 5.26 Å². The zero-order valence-corrected chi connectivity index (χ0v) is 25.5. The maximum absolute atomic E-state index is 16.7. The van der Waals surface area contributed by atoms with E-state index in [1.807, 2.05) is 6.07 Å². The number of allylic oxidation sites excluding steroid dienone is 4. The lowest BCUT2D eigenvalue weighted by Crippen LogP contribution is -2.71. The molecule has 0 spiro atoms. The highest BCUT2D eigenvalue weighted by molar-refractivity contribution is 8.04. The van der Waals surface area contributed by atoms with Gasteiger partial charge in [-0.15, -0.1) is 0 Å². The van der Waals surface area contributed by atoms with Gasteiger partial charge in [0, 0.05) is 67.9 Å². The van der Waals surface area contributed by atoms with E-state index in [4.69, 9.17) is 20.2 Å². The van der Waals surface area contributed by atoms with E-state index < -0.39 is 28.6 Å². The Balaban J connectivity index is 1.18. The Labute approximate surface area is 262 Å². The third kappa shape index (κ3) is 4.78. The van der Waals surface area contributed by atoms with Crippen molar-refractivity contribution in [2.75, 3.05) is 50.8 Å². The van der Waals surface area contributed by atoms with Crippen LogP contribution in [0.3, 0.4) is 0 Å². The SMILES string of the molecule is CCC1CN(c2nc(OCC3(CN4C[C@@H]5OCC54)CC3)nc3c(F)c(C4=C(F)C=C(F)C5SC(N)=C(C#N)C45)ncc23)CCN1. The van der Waals surface area contributed by atoms with E-state index in [1.54, 1.807) is 0 Å². The molecule has 2 aromatic heterocycles. The monoisotopic (exact) mass is 638 g/mol. The second-order valence-electron chi connectivity index (χ2n) is 12.9. The number of pyridine rings is 1. The standard InChI is InChI=1S/C31H33F3N8O2S/c1-2-15-10-41(6-5-37-15)29-17-9-38-26(23-18(32)7-19(33)27-22(23)16(8-35)28(36)45-27)24(34)25(17)39-30(40-29)44-14-31(3-4-31)13-42-11-21-20(42)12-43-21/h7,9,15,20-22,27,37H,2-6,10-14,36H2,1H3/t15?,20?,21-,22?,27?/m0/s1. The fourth-order valence-electron chi connectivity index (χ4n) is 7.12. The number of thioether (sulfide) groups is 1. The number of rotatable bonds is 8. The first kappa shape index (κ1) is 29.1. The number of hydrogen-bond acceptors (Lipinski definition) is 11. The molecule has 8 rings (SSSR count). The molecular formula is C31H33F3N8O2S. The molecule has 0 bridgehead atoms. The molecule has 14 heteroatoms. The number of morpholine rings is 1. The number of hydrogen-bond donors (Lipinski definition) is 2. The Kier molecular flexibility index (Phi) is 7.01. The maximum Gasteiger partial charge on any atom is 0.319 e. The van der Waals surface area contributed by atoms with Crippen molar-refractivity contribution < 1.29 is 22.6 Å². The summed E-state index contributed by atoms with van der Waals surface area (Å²) in [7, 11) is 0. The Morgan fingerprint density at radius 1 is 1.27 bits per heavy atom. The predicted octanol–water partition coefficient (Wildman–Crippen LogP) is 3.57. The molecule has 45 heavy (non-hydrogen) atoms. The first-order valence-electron chi connectivity index (χ1n) is 15.5. The van der Waals surface area contributed by atoms with Gasteiger partial charge >= 0.3 is 6.01 Å². The Morgan fingerprint density at radius 2 is 2.11 bits per heavy atom. The van der Waals surface area contributed by atoms with E-state index >= 15 is 8.78 Å². The van der Waals surface area contributed by atoms with Gasteiger partial charge in [-0.05, 0) is 19.3 Å². The molecular weight excluding hydrogens is 605 g/mol. The van der Waals surface area contributed by atoms with E-state index in [9.17, 15) is 9.65 Å². The van der Waals surface area contributed by atoms with Crippen molar-refractivity contribution in [2.45, 2.75) is 49.6 Å². The lowest BCUT2D eigenvalue weighted by Gasteiger charge is -2.55. The van der Waals surface area contributed by atoms with E-state index in [1.165, 1.54) is 6.20 Å². The van der Waals surface area contributed by atoms with Gasteiger partial charge in [0.25, 0.3) is 0 Å². The number of nitrogens with one attached hydrogen (secondary N) is 1. The molecule has 236 valence electrons. The first-order chi connectivity index (χ1) is 21.8. The number of likely N-dealkylation sites (tertiary alicyclic amines) is 1. The van der Waals surface area contributed by atoms with E-state index in [0.717, 1.165) is 63.3 Å². The topological polar surface area (TPSA) is 125 Å². The van der Waals surface area contributed by atoms with Crippen LogP contribution in [0.1, 0.15) is 31.9 Å². The van der Waals surface area contributed by atoms with Gasteiger partial charge in [0.05, 0.1) is 52.7 Å².